The summed E-state index contributed by atoms with van der Waals surface area (Å²) in [6.07, 6.45) is 1.14. The van der Waals surface area contributed by atoms with Crippen molar-refractivity contribution >= 4 is 15.9 Å². The van der Waals surface area contributed by atoms with E-state index in [2.05, 4.69) is 40.0 Å². The Kier molecular flexibility index (Phi) is 4.76. The van der Waals surface area contributed by atoms with E-state index in [1.165, 1.54) is 0 Å². The van der Waals surface area contributed by atoms with Crippen molar-refractivity contribution in [2.24, 2.45) is 0 Å². The monoisotopic (exact) mass is 314 g/mol. The van der Waals surface area contributed by atoms with Crippen LogP contribution in [0.1, 0.15) is 31.9 Å². The highest BCUT2D eigenvalue weighted by molar-refractivity contribution is 9.10. The van der Waals surface area contributed by atoms with Gasteiger partial charge in [0.15, 0.2) is 0 Å². The molecule has 2 rings (SSSR count). The molecule has 0 bridgehead atoms. The number of rotatable bonds is 5. The molecule has 1 unspecified atom stereocenters. The van der Waals surface area contributed by atoms with Gasteiger partial charge in [-0.3, -0.25) is 4.90 Å². The van der Waals surface area contributed by atoms with Crippen LogP contribution in [-0.2, 0) is 0 Å². The normalized spacial score (nSPS) is 17.8. The van der Waals surface area contributed by atoms with Gasteiger partial charge < -0.3 is 5.32 Å². The van der Waals surface area contributed by atoms with Crippen molar-refractivity contribution in [3.05, 3.63) is 34.1 Å². The molecule has 1 fully saturated rings. The predicted molar refractivity (Wildman–Crippen MR) is 76.2 cm³/mol. The Hall–Kier alpha value is -0.450. The van der Waals surface area contributed by atoms with Crippen molar-refractivity contribution in [3.63, 3.8) is 0 Å². The zero-order valence-corrected chi connectivity index (χ0v) is 12.5. The standard InChI is InChI=1S/C14H20BrFN2/c1-3-6-18(12-8-17-9-12)10(2)13-5-4-11(16)7-14(13)15/h4-5,7,10,12,17H,3,6,8-9H2,1-2H3. The second-order valence-corrected chi connectivity index (χ2v) is 5.75. The van der Waals surface area contributed by atoms with Crippen molar-refractivity contribution in [2.75, 3.05) is 19.6 Å². The number of nitrogens with zero attached hydrogens (tertiary/aromatic N) is 1. The molecular formula is C14H20BrFN2. The largest absolute Gasteiger partial charge is 0.314 e. The molecule has 18 heavy (non-hydrogen) atoms. The Labute approximate surface area is 117 Å². The van der Waals surface area contributed by atoms with Crippen molar-refractivity contribution in [2.45, 2.75) is 32.4 Å². The summed E-state index contributed by atoms with van der Waals surface area (Å²) in [4.78, 5) is 2.51. The molecule has 0 aromatic heterocycles. The topological polar surface area (TPSA) is 15.3 Å². The molecule has 100 valence electrons. The first-order valence-corrected chi connectivity index (χ1v) is 7.34. The van der Waals surface area contributed by atoms with Gasteiger partial charge in [0, 0.05) is 29.6 Å². The third kappa shape index (κ3) is 2.92. The van der Waals surface area contributed by atoms with Gasteiger partial charge in [-0.15, -0.1) is 0 Å². The van der Waals surface area contributed by atoms with Crippen LogP contribution < -0.4 is 5.32 Å². The number of benzene rings is 1. The highest BCUT2D eigenvalue weighted by Crippen LogP contribution is 2.30. The molecule has 1 aliphatic rings. The maximum absolute atomic E-state index is 13.1. The minimum absolute atomic E-state index is 0.190. The highest BCUT2D eigenvalue weighted by atomic mass is 79.9. The van der Waals surface area contributed by atoms with Crippen LogP contribution in [0.5, 0.6) is 0 Å². The highest BCUT2D eigenvalue weighted by Gasteiger charge is 2.29. The van der Waals surface area contributed by atoms with E-state index < -0.39 is 0 Å². The number of hydrogen-bond donors (Lipinski definition) is 1. The molecule has 1 aromatic rings. The maximum atomic E-state index is 13.1. The Bertz CT molecular complexity index is 407. The summed E-state index contributed by atoms with van der Waals surface area (Å²) in [6, 6.07) is 5.90. The third-order valence-electron chi connectivity index (χ3n) is 3.62. The van der Waals surface area contributed by atoms with Gasteiger partial charge in [0.05, 0.1) is 0 Å². The molecule has 1 aromatic carbocycles. The fraction of sp³-hybridized carbons (Fsp3) is 0.571. The molecular weight excluding hydrogens is 295 g/mol. The summed E-state index contributed by atoms with van der Waals surface area (Å²) >= 11 is 3.47. The van der Waals surface area contributed by atoms with E-state index in [0.717, 1.165) is 36.1 Å². The lowest BCUT2D eigenvalue weighted by molar-refractivity contribution is 0.102. The predicted octanol–water partition coefficient (Wildman–Crippen LogP) is 3.33. The maximum Gasteiger partial charge on any atom is 0.124 e. The second kappa shape index (κ2) is 6.13. The molecule has 1 heterocycles. The van der Waals surface area contributed by atoms with Crippen molar-refractivity contribution in [3.8, 4) is 0 Å². The first-order chi connectivity index (χ1) is 8.63. The summed E-state index contributed by atoms with van der Waals surface area (Å²) in [5.41, 5.74) is 1.16. The number of hydrogen-bond acceptors (Lipinski definition) is 2. The molecule has 1 N–H and O–H groups in total. The molecule has 1 aliphatic heterocycles. The van der Waals surface area contributed by atoms with Gasteiger partial charge in [-0.25, -0.2) is 4.39 Å². The van der Waals surface area contributed by atoms with E-state index in [9.17, 15) is 4.39 Å². The summed E-state index contributed by atoms with van der Waals surface area (Å²) in [5.74, 6) is -0.190. The molecule has 0 saturated carbocycles. The molecule has 1 saturated heterocycles. The van der Waals surface area contributed by atoms with Gasteiger partial charge in [-0.2, -0.15) is 0 Å². The molecule has 1 atom stereocenters. The van der Waals surface area contributed by atoms with Crippen molar-refractivity contribution in [1.29, 1.82) is 0 Å². The first kappa shape index (κ1) is 14.0. The van der Waals surface area contributed by atoms with Crippen LogP contribution in [0.25, 0.3) is 0 Å². The zero-order chi connectivity index (χ0) is 13.1. The average Bonchev–Trinajstić information content (AvgIpc) is 2.25. The quantitative estimate of drug-likeness (QED) is 0.896. The Balaban J connectivity index is 2.18. The molecule has 2 nitrogen and oxygen atoms in total. The van der Waals surface area contributed by atoms with E-state index in [0.29, 0.717) is 12.1 Å². The lowest BCUT2D eigenvalue weighted by Crippen LogP contribution is -2.57. The van der Waals surface area contributed by atoms with Gasteiger partial charge in [-0.1, -0.05) is 28.9 Å². The van der Waals surface area contributed by atoms with Crippen molar-refractivity contribution in [1.82, 2.24) is 10.2 Å². The lowest BCUT2D eigenvalue weighted by atomic mass is 10.0. The minimum Gasteiger partial charge on any atom is -0.314 e. The molecule has 0 amide bonds. The van der Waals surface area contributed by atoms with E-state index in [4.69, 9.17) is 0 Å². The van der Waals surface area contributed by atoms with Gasteiger partial charge in [0.1, 0.15) is 5.82 Å². The minimum atomic E-state index is -0.190. The number of halogens is 2. The Morgan fingerprint density at radius 3 is 2.72 bits per heavy atom. The van der Waals surface area contributed by atoms with E-state index in [1.54, 1.807) is 12.1 Å². The Morgan fingerprint density at radius 1 is 1.50 bits per heavy atom. The smallest absolute Gasteiger partial charge is 0.124 e. The van der Waals surface area contributed by atoms with E-state index in [1.807, 2.05) is 6.07 Å². The van der Waals surface area contributed by atoms with E-state index >= 15 is 0 Å². The lowest BCUT2D eigenvalue weighted by Gasteiger charge is -2.42. The third-order valence-corrected chi connectivity index (χ3v) is 4.31. The van der Waals surface area contributed by atoms with Crippen molar-refractivity contribution < 1.29 is 4.39 Å². The van der Waals surface area contributed by atoms with Crippen LogP contribution in [0.4, 0.5) is 4.39 Å². The summed E-state index contributed by atoms with van der Waals surface area (Å²) in [7, 11) is 0. The van der Waals surface area contributed by atoms with Gasteiger partial charge >= 0.3 is 0 Å². The van der Waals surface area contributed by atoms with Crippen LogP contribution in [-0.4, -0.2) is 30.6 Å². The van der Waals surface area contributed by atoms with Crippen LogP contribution in [0.2, 0.25) is 0 Å². The van der Waals surface area contributed by atoms with Gasteiger partial charge in [0.25, 0.3) is 0 Å². The SMILES string of the molecule is CCCN(C1CNC1)C(C)c1ccc(F)cc1Br. The van der Waals surface area contributed by atoms with Crippen LogP contribution >= 0.6 is 15.9 Å². The van der Waals surface area contributed by atoms with Crippen LogP contribution in [0, 0.1) is 5.82 Å². The number of nitrogens with one attached hydrogen (secondary N) is 1. The van der Waals surface area contributed by atoms with Gasteiger partial charge in [-0.05, 0) is 37.6 Å². The molecule has 0 radical (unpaired) electrons. The molecule has 4 heteroatoms. The van der Waals surface area contributed by atoms with E-state index in [-0.39, 0.29) is 5.82 Å². The van der Waals surface area contributed by atoms with Crippen LogP contribution in [0.15, 0.2) is 22.7 Å². The first-order valence-electron chi connectivity index (χ1n) is 6.55. The summed E-state index contributed by atoms with van der Waals surface area (Å²) in [6.45, 7) is 7.60. The fourth-order valence-electron chi connectivity index (χ4n) is 2.48. The second-order valence-electron chi connectivity index (χ2n) is 4.89. The zero-order valence-electron chi connectivity index (χ0n) is 10.9. The summed E-state index contributed by atoms with van der Waals surface area (Å²) in [5, 5.41) is 3.32. The Morgan fingerprint density at radius 2 is 2.22 bits per heavy atom. The van der Waals surface area contributed by atoms with Crippen LogP contribution in [0.3, 0.4) is 0 Å². The molecule has 0 aliphatic carbocycles. The summed E-state index contributed by atoms with van der Waals surface area (Å²) < 4.78 is 14.0. The van der Waals surface area contributed by atoms with Gasteiger partial charge in [0.2, 0.25) is 0 Å². The molecule has 0 spiro atoms. The fourth-order valence-corrected chi connectivity index (χ4v) is 3.16. The average molecular weight is 315 g/mol.